The van der Waals surface area contributed by atoms with Crippen LogP contribution in [-0.4, -0.2) is 51.0 Å². The van der Waals surface area contributed by atoms with Crippen molar-refractivity contribution >= 4 is 11.4 Å². The lowest BCUT2D eigenvalue weighted by molar-refractivity contribution is -0.0413. The third-order valence-electron chi connectivity index (χ3n) is 8.53. The summed E-state index contributed by atoms with van der Waals surface area (Å²) in [6, 6.07) is 17.3. The number of nitrogens with two attached hydrogens (primary N) is 1. The van der Waals surface area contributed by atoms with E-state index in [1.807, 2.05) is 64.4 Å². The highest BCUT2D eigenvalue weighted by molar-refractivity contribution is 5.76. The molecule has 2 saturated heterocycles. The number of nitrogens with zero attached hydrogens (tertiary/aromatic N) is 2. The minimum atomic E-state index is -1.19. The van der Waals surface area contributed by atoms with Gasteiger partial charge in [0.1, 0.15) is 22.9 Å². The molecule has 0 spiro atoms. The third kappa shape index (κ3) is 5.80. The van der Waals surface area contributed by atoms with Gasteiger partial charge in [0.05, 0.1) is 5.60 Å². The minimum Gasteiger partial charge on any atom is -0.457 e. The molecule has 2 aliphatic heterocycles. The van der Waals surface area contributed by atoms with Crippen molar-refractivity contribution in [1.82, 2.24) is 0 Å². The number of benzene rings is 2. The van der Waals surface area contributed by atoms with E-state index in [9.17, 15) is 14.7 Å². The van der Waals surface area contributed by atoms with Crippen LogP contribution in [0.25, 0.3) is 0 Å². The number of anilines is 2. The van der Waals surface area contributed by atoms with Crippen molar-refractivity contribution < 1.29 is 14.6 Å². The van der Waals surface area contributed by atoms with Gasteiger partial charge in [0.15, 0.2) is 0 Å². The molecular formula is C32H41N3O5. The molecule has 0 aromatic heterocycles. The first-order valence-corrected chi connectivity index (χ1v) is 14.5. The number of piperidine rings is 2. The fourth-order valence-corrected chi connectivity index (χ4v) is 6.47. The van der Waals surface area contributed by atoms with Crippen LogP contribution >= 0.6 is 0 Å². The molecule has 3 atom stereocenters. The molecule has 3 aromatic carbocycles. The maximum absolute atomic E-state index is 12.9. The highest BCUT2D eigenvalue weighted by Gasteiger charge is 2.44. The van der Waals surface area contributed by atoms with E-state index < -0.39 is 16.5 Å². The highest BCUT2D eigenvalue weighted by Crippen LogP contribution is 2.45. The van der Waals surface area contributed by atoms with Crippen LogP contribution in [0, 0.1) is 5.92 Å². The van der Waals surface area contributed by atoms with Crippen LogP contribution in [0.1, 0.15) is 50.5 Å². The van der Waals surface area contributed by atoms with E-state index in [-0.39, 0.29) is 12.0 Å². The van der Waals surface area contributed by atoms with Gasteiger partial charge in [-0.2, -0.15) is 0 Å². The molecule has 3 aromatic rings. The molecule has 2 heterocycles. The second-order valence-electron chi connectivity index (χ2n) is 11.3. The molecule has 2 aliphatic rings. The second-order valence-corrected chi connectivity index (χ2v) is 11.3. The predicted octanol–water partition coefficient (Wildman–Crippen LogP) is 3.92. The Kier molecular flexibility index (Phi) is 8.88. The van der Waals surface area contributed by atoms with Crippen molar-refractivity contribution in [3.63, 3.8) is 0 Å². The van der Waals surface area contributed by atoms with Crippen molar-refractivity contribution in [2.75, 3.05) is 49.7 Å². The SMILES string of the molecule is COCCCC[C@@](O)(c1ccccc1Oc1ccccc1)[C@@H]1CCCN(c2c(N3CCC[C@H](N)C3)c(=O)c2=O)C1. The topological polar surface area (TPSA) is 105 Å². The van der Waals surface area contributed by atoms with Crippen LogP contribution in [0.5, 0.6) is 11.5 Å². The zero-order valence-electron chi connectivity index (χ0n) is 23.4. The fourth-order valence-electron chi connectivity index (χ4n) is 6.47. The number of ether oxygens (including phenoxy) is 2. The summed E-state index contributed by atoms with van der Waals surface area (Å²) in [5.74, 6) is 1.16. The summed E-state index contributed by atoms with van der Waals surface area (Å²) >= 11 is 0. The summed E-state index contributed by atoms with van der Waals surface area (Å²) in [6.45, 7) is 3.10. The maximum atomic E-state index is 12.9. The lowest BCUT2D eigenvalue weighted by atomic mass is 9.73. The van der Waals surface area contributed by atoms with Gasteiger partial charge in [-0.25, -0.2) is 0 Å². The zero-order chi connectivity index (χ0) is 28.1. The summed E-state index contributed by atoms with van der Waals surface area (Å²) < 4.78 is 11.6. The zero-order valence-corrected chi connectivity index (χ0v) is 23.4. The minimum absolute atomic E-state index is 0.00147. The summed E-state index contributed by atoms with van der Waals surface area (Å²) in [7, 11) is 1.69. The van der Waals surface area contributed by atoms with Crippen molar-refractivity contribution in [1.29, 1.82) is 0 Å². The second kappa shape index (κ2) is 12.5. The summed E-state index contributed by atoms with van der Waals surface area (Å²) in [6.07, 6.45) is 5.58. The van der Waals surface area contributed by atoms with Crippen LogP contribution < -0.4 is 31.1 Å². The van der Waals surface area contributed by atoms with Gasteiger partial charge in [-0.15, -0.1) is 0 Å². The monoisotopic (exact) mass is 547 g/mol. The molecular weight excluding hydrogens is 506 g/mol. The van der Waals surface area contributed by atoms with Crippen molar-refractivity contribution in [2.24, 2.45) is 11.7 Å². The Morgan fingerprint density at radius 3 is 2.25 bits per heavy atom. The molecule has 2 fully saturated rings. The standard InChI is InChI=1S/C32H41N3O5/c1-39-20-8-7-17-32(38,26-15-5-6-16-27(26)40-25-13-3-2-4-14-25)23-11-9-18-34(21-23)28-29(31(37)30(28)36)35-19-10-12-24(33)22-35/h2-6,13-16,23-24,38H,7-12,17-22,33H2,1H3/t23-,24+,32+/m1/s1. The smallest absolute Gasteiger partial charge is 0.253 e. The molecule has 0 bridgehead atoms. The molecule has 40 heavy (non-hydrogen) atoms. The molecule has 0 amide bonds. The lowest BCUT2D eigenvalue weighted by Gasteiger charge is -2.45. The van der Waals surface area contributed by atoms with E-state index in [0.717, 1.165) is 50.6 Å². The van der Waals surface area contributed by atoms with Gasteiger partial charge >= 0.3 is 0 Å². The summed E-state index contributed by atoms with van der Waals surface area (Å²) in [4.78, 5) is 29.7. The van der Waals surface area contributed by atoms with Crippen molar-refractivity contribution in [2.45, 2.75) is 56.6 Å². The summed E-state index contributed by atoms with van der Waals surface area (Å²) in [5.41, 5.74) is 5.92. The number of hydrogen-bond acceptors (Lipinski definition) is 8. The van der Waals surface area contributed by atoms with Gasteiger partial charge in [0.2, 0.25) is 0 Å². The molecule has 8 heteroatoms. The van der Waals surface area contributed by atoms with Crippen LogP contribution in [0.15, 0.2) is 64.2 Å². The molecule has 0 radical (unpaired) electrons. The van der Waals surface area contributed by atoms with Gasteiger partial charge in [0.25, 0.3) is 10.9 Å². The number of methoxy groups -OCH3 is 1. The Morgan fingerprint density at radius 2 is 1.55 bits per heavy atom. The van der Waals surface area contributed by atoms with Crippen LogP contribution in [0.4, 0.5) is 11.4 Å². The van der Waals surface area contributed by atoms with Gasteiger partial charge in [0, 0.05) is 57.4 Å². The van der Waals surface area contributed by atoms with Gasteiger partial charge in [-0.05, 0) is 63.1 Å². The van der Waals surface area contributed by atoms with Crippen molar-refractivity contribution in [3.8, 4) is 11.5 Å². The highest BCUT2D eigenvalue weighted by atomic mass is 16.5. The molecule has 0 unspecified atom stereocenters. The van der Waals surface area contributed by atoms with E-state index in [1.165, 1.54) is 0 Å². The summed E-state index contributed by atoms with van der Waals surface area (Å²) in [5, 5.41) is 12.6. The number of hydrogen-bond donors (Lipinski definition) is 2. The maximum Gasteiger partial charge on any atom is 0.253 e. The Bertz CT molecular complexity index is 1340. The normalized spacial score (nSPS) is 21.4. The Morgan fingerprint density at radius 1 is 0.900 bits per heavy atom. The first-order valence-electron chi connectivity index (χ1n) is 14.5. The van der Waals surface area contributed by atoms with Crippen LogP contribution in [0.3, 0.4) is 0 Å². The number of rotatable bonds is 11. The van der Waals surface area contributed by atoms with Crippen molar-refractivity contribution in [3.05, 3.63) is 80.6 Å². The fraction of sp³-hybridized carbons (Fsp3) is 0.500. The van der Waals surface area contributed by atoms with Gasteiger partial charge in [-0.1, -0.05) is 36.4 Å². The Hall–Kier alpha value is -3.20. The molecule has 5 rings (SSSR count). The average molecular weight is 548 g/mol. The molecule has 0 saturated carbocycles. The average Bonchev–Trinajstić information content (AvgIpc) is 2.98. The van der Waals surface area contributed by atoms with Crippen LogP contribution in [0.2, 0.25) is 0 Å². The Balaban J connectivity index is 1.45. The van der Waals surface area contributed by atoms with Gasteiger partial charge in [-0.3, -0.25) is 9.59 Å². The first-order chi connectivity index (χ1) is 19.4. The molecule has 214 valence electrons. The number of unbranched alkanes of at least 4 members (excludes halogenated alkanes) is 1. The van der Waals surface area contributed by atoms with E-state index in [0.29, 0.717) is 55.5 Å². The Labute approximate surface area is 236 Å². The lowest BCUT2D eigenvalue weighted by Crippen LogP contribution is -2.54. The largest absolute Gasteiger partial charge is 0.457 e. The molecule has 0 aliphatic carbocycles. The van der Waals surface area contributed by atoms with Gasteiger partial charge < -0.3 is 30.1 Å². The predicted molar refractivity (Wildman–Crippen MR) is 158 cm³/mol. The van der Waals surface area contributed by atoms with E-state index in [1.54, 1.807) is 7.11 Å². The third-order valence-corrected chi connectivity index (χ3v) is 8.53. The van der Waals surface area contributed by atoms with Crippen LogP contribution in [-0.2, 0) is 10.3 Å². The van der Waals surface area contributed by atoms with E-state index in [2.05, 4.69) is 0 Å². The van der Waals surface area contributed by atoms with E-state index in [4.69, 9.17) is 15.2 Å². The molecule has 8 nitrogen and oxygen atoms in total. The number of para-hydroxylation sites is 2. The first kappa shape index (κ1) is 28.3. The quantitative estimate of drug-likeness (QED) is 0.275. The number of aliphatic hydroxyl groups is 1. The molecule has 3 N–H and O–H groups in total. The van der Waals surface area contributed by atoms with E-state index >= 15 is 0 Å².